The van der Waals surface area contributed by atoms with E-state index in [1.165, 1.54) is 0 Å². The highest BCUT2D eigenvalue weighted by Crippen LogP contribution is 2.24. The van der Waals surface area contributed by atoms with E-state index in [1.54, 1.807) is 6.20 Å². The number of hydrogen-bond donors (Lipinski definition) is 2. The van der Waals surface area contributed by atoms with Crippen molar-refractivity contribution in [1.29, 1.82) is 0 Å². The number of H-pyrrole nitrogens is 1. The summed E-state index contributed by atoms with van der Waals surface area (Å²) in [5.74, 6) is 0.843. The molecule has 0 aliphatic heterocycles. The molecular weight excluding hydrogens is 212 g/mol. The number of nitrogens with two attached hydrogens (primary N) is 1. The van der Waals surface area contributed by atoms with Crippen molar-refractivity contribution < 1.29 is 0 Å². The summed E-state index contributed by atoms with van der Waals surface area (Å²) >= 11 is 0. The molecule has 4 nitrogen and oxygen atoms in total. The molecule has 0 fully saturated rings. The van der Waals surface area contributed by atoms with Gasteiger partial charge in [0.05, 0.1) is 11.4 Å². The summed E-state index contributed by atoms with van der Waals surface area (Å²) < 4.78 is 0. The van der Waals surface area contributed by atoms with Gasteiger partial charge in [0.25, 0.3) is 0 Å². The summed E-state index contributed by atoms with van der Waals surface area (Å²) in [4.78, 5) is 12.1. The second-order valence-corrected chi connectivity index (χ2v) is 4.77. The Labute approximate surface area is 101 Å². The molecule has 0 aromatic carbocycles. The van der Waals surface area contributed by atoms with Gasteiger partial charge in [0.15, 0.2) is 0 Å². The lowest BCUT2D eigenvalue weighted by atomic mass is 9.88. The Morgan fingerprint density at radius 1 is 1.35 bits per heavy atom. The van der Waals surface area contributed by atoms with Gasteiger partial charge in [-0.05, 0) is 31.2 Å². The standard InChI is InChI=1S/C13H18N4/c1-13(2,6-7-14)12-16-9-5-11(17-12)10-4-3-8-15-10/h3-5,8-9,15H,6-7,14H2,1-2H3. The largest absolute Gasteiger partial charge is 0.360 e. The van der Waals surface area contributed by atoms with Gasteiger partial charge >= 0.3 is 0 Å². The number of nitrogens with one attached hydrogen (secondary N) is 1. The molecule has 17 heavy (non-hydrogen) atoms. The van der Waals surface area contributed by atoms with E-state index in [9.17, 15) is 0 Å². The fraction of sp³-hybridized carbons (Fsp3) is 0.385. The van der Waals surface area contributed by atoms with Gasteiger partial charge < -0.3 is 10.7 Å². The minimum absolute atomic E-state index is 0.0860. The first kappa shape index (κ1) is 11.8. The van der Waals surface area contributed by atoms with Crippen LogP contribution in [0.1, 0.15) is 26.1 Å². The quantitative estimate of drug-likeness (QED) is 0.845. The Bertz CT molecular complexity index is 474. The molecule has 0 unspecified atom stereocenters. The van der Waals surface area contributed by atoms with E-state index < -0.39 is 0 Å². The van der Waals surface area contributed by atoms with Crippen LogP contribution in [0.4, 0.5) is 0 Å². The lowest BCUT2D eigenvalue weighted by molar-refractivity contribution is 0.457. The molecule has 3 N–H and O–H groups in total. The monoisotopic (exact) mass is 230 g/mol. The van der Waals surface area contributed by atoms with Gasteiger partial charge in [0.1, 0.15) is 5.82 Å². The highest BCUT2D eigenvalue weighted by atomic mass is 14.9. The molecule has 90 valence electrons. The molecule has 2 aromatic heterocycles. The van der Waals surface area contributed by atoms with Crippen LogP contribution in [0.25, 0.3) is 11.4 Å². The minimum atomic E-state index is -0.0860. The first-order chi connectivity index (χ1) is 8.13. The maximum atomic E-state index is 5.62. The Balaban J connectivity index is 2.35. The van der Waals surface area contributed by atoms with Crippen LogP contribution in [-0.2, 0) is 5.41 Å². The Kier molecular flexibility index (Phi) is 3.24. The van der Waals surface area contributed by atoms with E-state index in [2.05, 4.69) is 28.8 Å². The zero-order valence-electron chi connectivity index (χ0n) is 10.3. The first-order valence-corrected chi connectivity index (χ1v) is 5.81. The summed E-state index contributed by atoms with van der Waals surface area (Å²) in [6.45, 7) is 4.88. The molecule has 0 atom stereocenters. The van der Waals surface area contributed by atoms with Gasteiger partial charge in [0, 0.05) is 17.8 Å². The van der Waals surface area contributed by atoms with E-state index in [0.29, 0.717) is 6.54 Å². The Hall–Kier alpha value is -1.68. The minimum Gasteiger partial charge on any atom is -0.360 e. The van der Waals surface area contributed by atoms with Crippen LogP contribution in [0.5, 0.6) is 0 Å². The Morgan fingerprint density at radius 3 is 2.82 bits per heavy atom. The number of aromatic nitrogens is 3. The van der Waals surface area contributed by atoms with Crippen LogP contribution < -0.4 is 5.73 Å². The van der Waals surface area contributed by atoms with Gasteiger partial charge in [-0.25, -0.2) is 9.97 Å². The lowest BCUT2D eigenvalue weighted by Crippen LogP contribution is -2.24. The molecule has 0 aliphatic rings. The van der Waals surface area contributed by atoms with Crippen molar-refractivity contribution in [2.75, 3.05) is 6.54 Å². The number of aromatic amines is 1. The predicted molar refractivity (Wildman–Crippen MR) is 68.5 cm³/mol. The maximum absolute atomic E-state index is 5.62. The highest BCUT2D eigenvalue weighted by molar-refractivity contribution is 5.53. The molecular formula is C13H18N4. The zero-order valence-corrected chi connectivity index (χ0v) is 10.3. The van der Waals surface area contributed by atoms with Crippen molar-refractivity contribution in [2.24, 2.45) is 5.73 Å². The third kappa shape index (κ3) is 2.53. The van der Waals surface area contributed by atoms with Crippen molar-refractivity contribution in [1.82, 2.24) is 15.0 Å². The molecule has 2 aromatic rings. The summed E-state index contributed by atoms with van der Waals surface area (Å²) in [5, 5.41) is 0. The summed E-state index contributed by atoms with van der Waals surface area (Å²) in [7, 11) is 0. The van der Waals surface area contributed by atoms with Gasteiger partial charge in [0.2, 0.25) is 0 Å². The summed E-state index contributed by atoms with van der Waals surface area (Å²) in [5.41, 5.74) is 7.47. The van der Waals surface area contributed by atoms with Crippen LogP contribution in [0.2, 0.25) is 0 Å². The van der Waals surface area contributed by atoms with Crippen molar-refractivity contribution in [3.05, 3.63) is 36.4 Å². The third-order valence-electron chi connectivity index (χ3n) is 2.90. The average molecular weight is 230 g/mol. The number of nitrogens with zero attached hydrogens (tertiary/aromatic N) is 2. The predicted octanol–water partition coefficient (Wildman–Crippen LogP) is 2.10. The molecule has 4 heteroatoms. The van der Waals surface area contributed by atoms with Crippen LogP contribution in [0.15, 0.2) is 30.6 Å². The number of rotatable bonds is 4. The number of hydrogen-bond acceptors (Lipinski definition) is 3. The topological polar surface area (TPSA) is 67.6 Å². The molecule has 0 saturated carbocycles. The van der Waals surface area contributed by atoms with Crippen LogP contribution in [-0.4, -0.2) is 21.5 Å². The van der Waals surface area contributed by atoms with E-state index in [4.69, 9.17) is 5.73 Å². The average Bonchev–Trinajstić information content (AvgIpc) is 2.82. The van der Waals surface area contributed by atoms with Crippen molar-refractivity contribution in [3.63, 3.8) is 0 Å². The summed E-state index contributed by atoms with van der Waals surface area (Å²) in [6.07, 6.45) is 4.57. The molecule has 0 saturated heterocycles. The van der Waals surface area contributed by atoms with Gasteiger partial charge in [-0.15, -0.1) is 0 Å². The molecule has 0 amide bonds. The Morgan fingerprint density at radius 2 is 2.18 bits per heavy atom. The van der Waals surface area contributed by atoms with E-state index in [-0.39, 0.29) is 5.41 Å². The lowest BCUT2D eigenvalue weighted by Gasteiger charge is -2.22. The molecule has 0 radical (unpaired) electrons. The third-order valence-corrected chi connectivity index (χ3v) is 2.90. The maximum Gasteiger partial charge on any atom is 0.134 e. The van der Waals surface area contributed by atoms with Crippen LogP contribution >= 0.6 is 0 Å². The van der Waals surface area contributed by atoms with E-state index in [1.807, 2.05) is 24.4 Å². The van der Waals surface area contributed by atoms with E-state index in [0.717, 1.165) is 23.6 Å². The normalized spacial score (nSPS) is 11.7. The molecule has 0 bridgehead atoms. The van der Waals surface area contributed by atoms with Gasteiger partial charge in [-0.2, -0.15) is 0 Å². The molecule has 2 heterocycles. The van der Waals surface area contributed by atoms with E-state index >= 15 is 0 Å². The first-order valence-electron chi connectivity index (χ1n) is 5.81. The highest BCUT2D eigenvalue weighted by Gasteiger charge is 2.23. The molecule has 2 rings (SSSR count). The SMILES string of the molecule is CC(C)(CCN)c1nccc(-c2ccc[nH]2)n1. The molecule has 0 aliphatic carbocycles. The van der Waals surface area contributed by atoms with Gasteiger partial charge in [-0.1, -0.05) is 13.8 Å². The van der Waals surface area contributed by atoms with Crippen molar-refractivity contribution >= 4 is 0 Å². The summed E-state index contributed by atoms with van der Waals surface area (Å²) in [6, 6.07) is 5.87. The van der Waals surface area contributed by atoms with Crippen LogP contribution in [0, 0.1) is 0 Å². The second-order valence-electron chi connectivity index (χ2n) is 4.77. The fourth-order valence-electron chi connectivity index (χ4n) is 1.80. The zero-order chi connectivity index (χ0) is 12.3. The van der Waals surface area contributed by atoms with Gasteiger partial charge in [-0.3, -0.25) is 0 Å². The molecule has 0 spiro atoms. The smallest absolute Gasteiger partial charge is 0.134 e. The van der Waals surface area contributed by atoms with Crippen LogP contribution in [0.3, 0.4) is 0 Å². The van der Waals surface area contributed by atoms with Crippen molar-refractivity contribution in [3.8, 4) is 11.4 Å². The van der Waals surface area contributed by atoms with Crippen molar-refractivity contribution in [2.45, 2.75) is 25.7 Å². The fourth-order valence-corrected chi connectivity index (χ4v) is 1.80. The second kappa shape index (κ2) is 4.67.